The fourth-order valence-corrected chi connectivity index (χ4v) is 1.97. The molecule has 19 heavy (non-hydrogen) atoms. The van der Waals surface area contributed by atoms with Crippen molar-refractivity contribution in [3.63, 3.8) is 0 Å². The summed E-state index contributed by atoms with van der Waals surface area (Å²) in [6, 6.07) is 5.58. The molecule has 0 aliphatic rings. The van der Waals surface area contributed by atoms with Crippen LogP contribution in [0.15, 0.2) is 71.8 Å². The van der Waals surface area contributed by atoms with Crippen molar-refractivity contribution in [2.45, 2.75) is 11.8 Å². The Kier molecular flexibility index (Phi) is 5.82. The first-order chi connectivity index (χ1) is 9.08. The number of allylic oxidation sites excluding steroid dienone is 6. The van der Waals surface area contributed by atoms with Gasteiger partial charge in [-0.05, 0) is 42.7 Å². The number of hydrogen-bond acceptors (Lipinski definition) is 4. The highest BCUT2D eigenvalue weighted by molar-refractivity contribution is 7.97. The summed E-state index contributed by atoms with van der Waals surface area (Å²) in [7, 11) is 0. The van der Waals surface area contributed by atoms with Crippen molar-refractivity contribution in [3.8, 4) is 0 Å². The summed E-state index contributed by atoms with van der Waals surface area (Å²) in [5.74, 6) is 0. The molecule has 0 saturated carbocycles. The van der Waals surface area contributed by atoms with Crippen LogP contribution in [-0.2, 0) is 0 Å². The zero-order chi connectivity index (χ0) is 14.3. The van der Waals surface area contributed by atoms with Crippen LogP contribution in [0.25, 0.3) is 0 Å². The number of nitrogens with one attached hydrogen (secondary N) is 1. The third kappa shape index (κ3) is 4.60. The lowest BCUT2D eigenvalue weighted by Crippen LogP contribution is -2.02. The monoisotopic (exact) mass is 273 g/mol. The summed E-state index contributed by atoms with van der Waals surface area (Å²) < 4.78 is 3.20. The molecule has 0 saturated heterocycles. The molecule has 100 valence electrons. The van der Waals surface area contributed by atoms with Gasteiger partial charge in [-0.15, -0.1) is 0 Å². The predicted octanol–water partition coefficient (Wildman–Crippen LogP) is 3.65. The van der Waals surface area contributed by atoms with Gasteiger partial charge in [0.1, 0.15) is 0 Å². The fourth-order valence-electron chi connectivity index (χ4n) is 1.26. The van der Waals surface area contributed by atoms with Crippen molar-refractivity contribution in [2.75, 3.05) is 11.5 Å². The van der Waals surface area contributed by atoms with Crippen molar-refractivity contribution in [1.82, 2.24) is 4.72 Å². The normalized spacial score (nSPS) is 10.7. The summed E-state index contributed by atoms with van der Waals surface area (Å²) in [4.78, 5) is 0.907. The summed E-state index contributed by atoms with van der Waals surface area (Å²) in [6.07, 6.45) is 7.39. The lowest BCUT2D eigenvalue weighted by molar-refractivity contribution is 1.19. The minimum atomic E-state index is 0.592. The molecule has 0 amide bonds. The lowest BCUT2D eigenvalue weighted by atomic mass is 10.2. The molecular formula is C15H19N3S. The number of benzene rings is 1. The second-order valence-corrected chi connectivity index (χ2v) is 4.74. The maximum Gasteiger partial charge on any atom is 0.0703 e. The van der Waals surface area contributed by atoms with Gasteiger partial charge >= 0.3 is 0 Å². The zero-order valence-corrected chi connectivity index (χ0v) is 11.8. The average molecular weight is 273 g/mol. The molecular weight excluding hydrogens is 254 g/mol. The number of para-hydroxylation sites is 1. The molecule has 0 radical (unpaired) electrons. The largest absolute Gasteiger partial charge is 0.397 e. The highest BCUT2D eigenvalue weighted by atomic mass is 32.2. The third-order valence-electron chi connectivity index (χ3n) is 2.42. The average Bonchev–Trinajstić information content (AvgIpc) is 2.41. The Hall–Kier alpha value is -2.07. The Morgan fingerprint density at radius 1 is 1.21 bits per heavy atom. The van der Waals surface area contributed by atoms with Crippen molar-refractivity contribution >= 4 is 23.3 Å². The Bertz CT molecular complexity index is 520. The van der Waals surface area contributed by atoms with E-state index in [4.69, 9.17) is 11.5 Å². The van der Waals surface area contributed by atoms with E-state index in [0.29, 0.717) is 11.4 Å². The number of nitrogen functional groups attached to an aromatic ring is 2. The predicted molar refractivity (Wildman–Crippen MR) is 86.5 cm³/mol. The van der Waals surface area contributed by atoms with Crippen molar-refractivity contribution in [1.29, 1.82) is 0 Å². The van der Waals surface area contributed by atoms with Gasteiger partial charge in [-0.1, -0.05) is 37.5 Å². The molecule has 0 unspecified atom stereocenters. The molecule has 1 aromatic rings. The number of rotatable bonds is 6. The van der Waals surface area contributed by atoms with E-state index in [1.54, 1.807) is 18.2 Å². The summed E-state index contributed by atoms with van der Waals surface area (Å²) in [5.41, 5.74) is 14.8. The van der Waals surface area contributed by atoms with Crippen LogP contribution in [0.4, 0.5) is 11.4 Å². The smallest absolute Gasteiger partial charge is 0.0703 e. The van der Waals surface area contributed by atoms with Crippen LogP contribution in [0.5, 0.6) is 0 Å². The quantitative estimate of drug-likeness (QED) is 0.420. The number of nitrogens with two attached hydrogens (primary N) is 2. The lowest BCUT2D eigenvalue weighted by Gasteiger charge is -2.09. The molecule has 0 heterocycles. The maximum absolute atomic E-state index is 5.89. The second-order valence-electron chi connectivity index (χ2n) is 3.89. The Labute approximate surface area is 118 Å². The zero-order valence-electron chi connectivity index (χ0n) is 11.0. The van der Waals surface area contributed by atoms with Gasteiger partial charge in [-0.25, -0.2) is 0 Å². The molecule has 0 aliphatic carbocycles. The highest BCUT2D eigenvalue weighted by Gasteiger charge is 2.02. The standard InChI is InChI=1S/C15H19N3S/c1-4-12(5-2)10-9-11(3)18-19-14-8-6-7-13(16)15(14)17/h4-10,18H,1-2,16-17H2,3H3/b11-9+. The SMILES string of the molecule is C=CC(C=C)=C/C=C(\C)NSc1cccc(N)c1N. The first-order valence-electron chi connectivity index (χ1n) is 5.78. The van der Waals surface area contributed by atoms with Crippen molar-refractivity contribution in [3.05, 3.63) is 66.9 Å². The van der Waals surface area contributed by atoms with Gasteiger partial charge in [-0.3, -0.25) is 0 Å². The van der Waals surface area contributed by atoms with Gasteiger partial charge in [-0.2, -0.15) is 0 Å². The summed E-state index contributed by atoms with van der Waals surface area (Å²) >= 11 is 1.43. The highest BCUT2D eigenvalue weighted by Crippen LogP contribution is 2.27. The van der Waals surface area contributed by atoms with Crippen LogP contribution in [0.1, 0.15) is 6.92 Å². The van der Waals surface area contributed by atoms with E-state index in [2.05, 4.69) is 17.9 Å². The first kappa shape index (κ1) is 15.0. The molecule has 0 aliphatic heterocycles. The molecule has 0 spiro atoms. The van der Waals surface area contributed by atoms with E-state index in [0.717, 1.165) is 16.2 Å². The van der Waals surface area contributed by atoms with Crippen molar-refractivity contribution < 1.29 is 0 Å². The van der Waals surface area contributed by atoms with Gasteiger partial charge in [0.05, 0.1) is 16.3 Å². The molecule has 0 atom stereocenters. The Balaban J connectivity index is 2.69. The third-order valence-corrected chi connectivity index (χ3v) is 3.42. The minimum Gasteiger partial charge on any atom is -0.397 e. The molecule has 5 N–H and O–H groups in total. The first-order valence-corrected chi connectivity index (χ1v) is 6.60. The van der Waals surface area contributed by atoms with E-state index in [-0.39, 0.29) is 0 Å². The van der Waals surface area contributed by atoms with Crippen LogP contribution in [0.2, 0.25) is 0 Å². The maximum atomic E-state index is 5.89. The number of anilines is 2. The molecule has 3 nitrogen and oxygen atoms in total. The summed E-state index contributed by atoms with van der Waals surface area (Å²) in [6.45, 7) is 9.37. The van der Waals surface area contributed by atoms with Crippen molar-refractivity contribution in [2.24, 2.45) is 0 Å². The topological polar surface area (TPSA) is 64.1 Å². The van der Waals surface area contributed by atoms with E-state index in [1.165, 1.54) is 11.9 Å². The van der Waals surface area contributed by atoms with E-state index < -0.39 is 0 Å². The van der Waals surface area contributed by atoms with E-state index in [9.17, 15) is 0 Å². The molecule has 1 aromatic carbocycles. The molecule has 0 aromatic heterocycles. The van der Waals surface area contributed by atoms with E-state index >= 15 is 0 Å². The second kappa shape index (κ2) is 7.38. The molecule has 0 fully saturated rings. The minimum absolute atomic E-state index is 0.592. The Morgan fingerprint density at radius 2 is 1.89 bits per heavy atom. The van der Waals surface area contributed by atoms with Crippen LogP contribution >= 0.6 is 11.9 Å². The van der Waals surface area contributed by atoms with Gasteiger partial charge in [0.15, 0.2) is 0 Å². The van der Waals surface area contributed by atoms with Crippen LogP contribution < -0.4 is 16.2 Å². The van der Waals surface area contributed by atoms with Gasteiger partial charge < -0.3 is 16.2 Å². The number of hydrogen-bond donors (Lipinski definition) is 3. The summed E-state index contributed by atoms with van der Waals surface area (Å²) in [5, 5.41) is 0. The van der Waals surface area contributed by atoms with E-state index in [1.807, 2.05) is 31.2 Å². The van der Waals surface area contributed by atoms with Gasteiger partial charge in [0.2, 0.25) is 0 Å². The molecule has 0 bridgehead atoms. The van der Waals surface area contributed by atoms with Crippen LogP contribution in [0.3, 0.4) is 0 Å². The van der Waals surface area contributed by atoms with Gasteiger partial charge in [0.25, 0.3) is 0 Å². The van der Waals surface area contributed by atoms with Crippen LogP contribution in [-0.4, -0.2) is 0 Å². The van der Waals surface area contributed by atoms with Crippen LogP contribution in [0, 0.1) is 0 Å². The van der Waals surface area contributed by atoms with Gasteiger partial charge in [0, 0.05) is 5.70 Å². The fraction of sp³-hybridized carbons (Fsp3) is 0.0667. The molecule has 1 rings (SSSR count). The molecule has 4 heteroatoms. The Morgan fingerprint density at radius 3 is 2.53 bits per heavy atom.